The van der Waals surface area contributed by atoms with Gasteiger partial charge >= 0.3 is 12.1 Å². The van der Waals surface area contributed by atoms with E-state index in [4.69, 9.17) is 4.74 Å². The van der Waals surface area contributed by atoms with Gasteiger partial charge in [-0.2, -0.15) is 13.2 Å². The highest BCUT2D eigenvalue weighted by molar-refractivity contribution is 6.06. The Morgan fingerprint density at radius 2 is 1.89 bits per heavy atom. The first-order valence-corrected chi connectivity index (χ1v) is 11.5. The first-order valence-electron chi connectivity index (χ1n) is 11.5. The molecule has 0 atom stereocenters. The predicted molar refractivity (Wildman–Crippen MR) is 129 cm³/mol. The average molecular weight is 508 g/mol. The van der Waals surface area contributed by atoms with Gasteiger partial charge in [-0.15, -0.1) is 12.8 Å². The Kier molecular flexibility index (Phi) is 10.7. The second-order valence-corrected chi connectivity index (χ2v) is 8.10. The monoisotopic (exact) mass is 507 g/mol. The third kappa shape index (κ3) is 7.97. The molecular formula is C26H29F4N3O3. The zero-order chi connectivity index (χ0) is 26.7. The molecule has 10 heteroatoms. The summed E-state index contributed by atoms with van der Waals surface area (Å²) >= 11 is 0. The van der Waals surface area contributed by atoms with Crippen LogP contribution in [-0.4, -0.2) is 48.5 Å². The number of amides is 1. The lowest BCUT2D eigenvalue weighted by Crippen LogP contribution is -2.50. The minimum atomic E-state index is -4.58. The number of aliphatic imine (C=N–C) groups is 1. The maximum absolute atomic E-state index is 13.8. The van der Waals surface area contributed by atoms with E-state index in [1.54, 1.807) is 17.9 Å². The first-order chi connectivity index (χ1) is 17.2. The van der Waals surface area contributed by atoms with Crippen molar-refractivity contribution in [2.75, 3.05) is 19.7 Å². The van der Waals surface area contributed by atoms with Crippen molar-refractivity contribution in [2.45, 2.75) is 44.8 Å². The molecule has 1 aromatic carbocycles. The number of carbonyl (C=O) groups is 2. The van der Waals surface area contributed by atoms with Crippen LogP contribution < -0.4 is 5.32 Å². The predicted octanol–water partition coefficient (Wildman–Crippen LogP) is 4.89. The summed E-state index contributed by atoms with van der Waals surface area (Å²) < 4.78 is 58.1. The fourth-order valence-corrected chi connectivity index (χ4v) is 4.07. The van der Waals surface area contributed by atoms with Crippen LogP contribution in [0.3, 0.4) is 0 Å². The molecule has 36 heavy (non-hydrogen) atoms. The van der Waals surface area contributed by atoms with Crippen molar-refractivity contribution < 1.29 is 31.9 Å². The fraction of sp³-hybridized carbons (Fsp3) is 0.423. The third-order valence-corrected chi connectivity index (χ3v) is 5.81. The van der Waals surface area contributed by atoms with Crippen molar-refractivity contribution in [3.05, 3.63) is 59.4 Å². The number of alkyl halides is 3. The molecule has 1 aliphatic carbocycles. The number of ether oxygens (including phenoxy) is 1. The van der Waals surface area contributed by atoms with Crippen molar-refractivity contribution in [1.29, 1.82) is 0 Å². The molecule has 2 aliphatic rings. The van der Waals surface area contributed by atoms with E-state index in [1.807, 2.05) is 0 Å². The molecule has 0 spiro atoms. The number of guanidine groups is 1. The van der Waals surface area contributed by atoms with Gasteiger partial charge in [0.1, 0.15) is 5.83 Å². The van der Waals surface area contributed by atoms with E-state index in [0.717, 1.165) is 18.2 Å². The standard InChI is InChI=1S/C24H27F4N3O3.C2H2/c1-2-34-22(33)16-8-10-20(11-9-16)31-14-4-7-19(25)12-13-29-23(31)30-21(32)17-5-3-6-18(15-17)24(26,27)28;1-2/h3-7,12,15-16,20H,2,8-11,13-14H2,1H3,(H,29,30,32);1-2H/b7-4-,19-12+;. The van der Waals surface area contributed by atoms with Gasteiger partial charge in [0.15, 0.2) is 0 Å². The molecule has 0 aromatic heterocycles. The molecule has 1 saturated carbocycles. The molecule has 3 rings (SSSR count). The van der Waals surface area contributed by atoms with E-state index < -0.39 is 23.5 Å². The Morgan fingerprint density at radius 3 is 2.53 bits per heavy atom. The summed E-state index contributed by atoms with van der Waals surface area (Å²) in [5.41, 5.74) is -1.10. The number of terminal acetylenes is 1. The van der Waals surface area contributed by atoms with Gasteiger partial charge in [-0.05, 0) is 63.0 Å². The second kappa shape index (κ2) is 13.5. The van der Waals surface area contributed by atoms with Crippen molar-refractivity contribution in [1.82, 2.24) is 10.2 Å². The Labute approximate surface area is 208 Å². The zero-order valence-corrected chi connectivity index (χ0v) is 19.9. The number of nitrogens with zero attached hydrogens (tertiary/aromatic N) is 2. The quantitative estimate of drug-likeness (QED) is 0.358. The molecule has 1 amide bonds. The van der Waals surface area contributed by atoms with E-state index in [2.05, 4.69) is 23.2 Å². The van der Waals surface area contributed by atoms with E-state index >= 15 is 0 Å². The number of allylic oxidation sites excluding steroid dienone is 2. The summed E-state index contributed by atoms with van der Waals surface area (Å²) in [5.74, 6) is -1.51. The zero-order valence-electron chi connectivity index (χ0n) is 19.9. The van der Waals surface area contributed by atoms with Crippen molar-refractivity contribution in [2.24, 2.45) is 10.9 Å². The molecule has 6 nitrogen and oxygen atoms in total. The van der Waals surface area contributed by atoms with Crippen LogP contribution in [0.15, 0.2) is 53.3 Å². The topological polar surface area (TPSA) is 71.0 Å². The van der Waals surface area contributed by atoms with Crippen LogP contribution in [0, 0.1) is 18.8 Å². The van der Waals surface area contributed by atoms with Crippen LogP contribution in [0.4, 0.5) is 17.6 Å². The van der Waals surface area contributed by atoms with E-state index in [1.165, 1.54) is 18.2 Å². The first kappa shape index (κ1) is 28.6. The molecule has 1 aromatic rings. The Morgan fingerprint density at radius 1 is 1.19 bits per heavy atom. The lowest BCUT2D eigenvalue weighted by atomic mass is 9.85. The third-order valence-electron chi connectivity index (χ3n) is 5.81. The van der Waals surface area contributed by atoms with Gasteiger partial charge in [-0.3, -0.25) is 14.9 Å². The number of nitrogens with one attached hydrogen (secondary N) is 1. The summed E-state index contributed by atoms with van der Waals surface area (Å²) in [7, 11) is 0. The highest BCUT2D eigenvalue weighted by atomic mass is 19.4. The van der Waals surface area contributed by atoms with Crippen LogP contribution in [-0.2, 0) is 15.7 Å². The van der Waals surface area contributed by atoms with Crippen LogP contribution in [0.1, 0.15) is 48.5 Å². The largest absolute Gasteiger partial charge is 0.466 e. The van der Waals surface area contributed by atoms with Gasteiger partial charge in [0, 0.05) is 18.2 Å². The van der Waals surface area contributed by atoms with Crippen molar-refractivity contribution >= 4 is 17.8 Å². The number of rotatable bonds is 4. The molecule has 0 unspecified atom stereocenters. The van der Waals surface area contributed by atoms with Gasteiger partial charge < -0.3 is 9.64 Å². The van der Waals surface area contributed by atoms with Crippen LogP contribution in [0.5, 0.6) is 0 Å². The Hall–Kier alpha value is -3.61. The minimum Gasteiger partial charge on any atom is -0.466 e. The van der Waals surface area contributed by atoms with Crippen LogP contribution in [0.2, 0.25) is 0 Å². The maximum Gasteiger partial charge on any atom is 0.416 e. The Balaban J connectivity index is 0.00000222. The SMILES string of the molecule is C#C.CCOC(=O)C1CCC(N2C/C=C\C(F)=C/CN=C2NC(=O)c2cccc(C(F)(F)F)c2)CC1. The number of halogens is 4. The molecule has 0 bridgehead atoms. The van der Waals surface area contributed by atoms with E-state index in [-0.39, 0.29) is 42.5 Å². The van der Waals surface area contributed by atoms with Gasteiger partial charge in [-0.1, -0.05) is 12.1 Å². The summed E-state index contributed by atoms with van der Waals surface area (Å²) in [6.07, 6.45) is 9.98. The van der Waals surface area contributed by atoms with Crippen LogP contribution >= 0.6 is 0 Å². The molecule has 1 aliphatic heterocycles. The normalized spacial score (nSPS) is 22.7. The number of carbonyl (C=O) groups excluding carboxylic acids is 2. The summed E-state index contributed by atoms with van der Waals surface area (Å²) in [6.45, 7) is 2.25. The summed E-state index contributed by atoms with van der Waals surface area (Å²) in [4.78, 5) is 31.0. The average Bonchev–Trinajstić information content (AvgIpc) is 2.95. The minimum absolute atomic E-state index is 0.0525. The van der Waals surface area contributed by atoms with Crippen LogP contribution in [0.25, 0.3) is 0 Å². The highest BCUT2D eigenvalue weighted by Crippen LogP contribution is 2.30. The maximum atomic E-state index is 13.8. The number of hydrogen-bond donors (Lipinski definition) is 1. The van der Waals surface area contributed by atoms with Crippen molar-refractivity contribution in [3.8, 4) is 12.8 Å². The van der Waals surface area contributed by atoms with E-state index in [9.17, 15) is 27.2 Å². The smallest absolute Gasteiger partial charge is 0.416 e. The molecule has 1 N–H and O–H groups in total. The lowest BCUT2D eigenvalue weighted by molar-refractivity contribution is -0.149. The molecular weight excluding hydrogens is 478 g/mol. The fourth-order valence-electron chi connectivity index (χ4n) is 4.07. The second-order valence-electron chi connectivity index (χ2n) is 8.10. The van der Waals surface area contributed by atoms with Gasteiger partial charge in [-0.25, -0.2) is 9.38 Å². The number of esters is 1. The Bertz CT molecular complexity index is 1020. The molecule has 1 heterocycles. The van der Waals surface area contributed by atoms with Crippen molar-refractivity contribution in [3.63, 3.8) is 0 Å². The lowest BCUT2D eigenvalue weighted by Gasteiger charge is -2.37. The number of benzene rings is 1. The van der Waals surface area contributed by atoms with Gasteiger partial charge in [0.05, 0.1) is 24.6 Å². The molecule has 0 saturated heterocycles. The molecule has 1 fully saturated rings. The van der Waals surface area contributed by atoms with Gasteiger partial charge in [0.25, 0.3) is 5.91 Å². The van der Waals surface area contributed by atoms with Gasteiger partial charge in [0.2, 0.25) is 5.96 Å². The highest BCUT2D eigenvalue weighted by Gasteiger charge is 2.33. The summed E-state index contributed by atoms with van der Waals surface area (Å²) in [5, 5.41) is 2.62. The molecule has 0 radical (unpaired) electrons. The molecule has 194 valence electrons. The summed E-state index contributed by atoms with van der Waals surface area (Å²) in [6, 6.07) is 4.02. The number of hydrogen-bond acceptors (Lipinski definition) is 5. The van der Waals surface area contributed by atoms with E-state index in [0.29, 0.717) is 32.3 Å².